The first-order valence-corrected chi connectivity index (χ1v) is 13.7. The Morgan fingerprint density at radius 2 is 1.73 bits per heavy atom. The van der Waals surface area contributed by atoms with Gasteiger partial charge in [0.25, 0.3) is 5.91 Å². The fraction of sp³-hybridized carbons (Fsp3) is 0.433. The Kier molecular flexibility index (Phi) is 7.04. The number of ether oxygens (including phenoxy) is 1. The van der Waals surface area contributed by atoms with Crippen LogP contribution in [-0.2, 0) is 11.3 Å². The third-order valence-corrected chi connectivity index (χ3v) is 7.55. The summed E-state index contributed by atoms with van der Waals surface area (Å²) in [6.07, 6.45) is 9.87. The topological polar surface area (TPSA) is 79.4 Å². The molecule has 2 fully saturated rings. The minimum atomic E-state index is -0.0416. The summed E-state index contributed by atoms with van der Waals surface area (Å²) in [6.45, 7) is 4.05. The van der Waals surface area contributed by atoms with Crippen LogP contribution < -0.4 is 15.5 Å². The van der Waals surface area contributed by atoms with E-state index in [9.17, 15) is 4.79 Å². The Hall–Kier alpha value is -3.45. The van der Waals surface area contributed by atoms with Gasteiger partial charge in [-0.3, -0.25) is 4.79 Å². The number of nitrogens with zero attached hydrogens (tertiary/aromatic N) is 3. The number of carbonyl (C=O) groups excluding carboxylic acids is 1. The lowest BCUT2D eigenvalue weighted by molar-refractivity contribution is 0.0946. The van der Waals surface area contributed by atoms with Crippen LogP contribution in [0, 0.1) is 0 Å². The molecule has 1 saturated heterocycles. The molecule has 37 heavy (non-hydrogen) atoms. The number of hydrogen-bond donors (Lipinski definition) is 2. The van der Waals surface area contributed by atoms with Crippen molar-refractivity contribution >= 4 is 23.2 Å². The van der Waals surface area contributed by atoms with E-state index < -0.39 is 0 Å². The van der Waals surface area contributed by atoms with Crippen LogP contribution in [0.3, 0.4) is 0 Å². The van der Waals surface area contributed by atoms with Crippen LogP contribution in [0.1, 0.15) is 72.3 Å². The number of nitrogens with one attached hydrogen (secondary N) is 2. The quantitative estimate of drug-likeness (QED) is 0.466. The first-order chi connectivity index (χ1) is 18.2. The highest BCUT2D eigenvalue weighted by molar-refractivity contribution is 5.94. The van der Waals surface area contributed by atoms with Gasteiger partial charge in [0.1, 0.15) is 0 Å². The number of benzene rings is 2. The monoisotopic (exact) mass is 497 g/mol. The number of carbonyl (C=O) groups is 1. The molecular weight excluding hydrogens is 462 g/mol. The van der Waals surface area contributed by atoms with E-state index in [2.05, 4.69) is 38.7 Å². The minimum absolute atomic E-state index is 0.0416. The lowest BCUT2D eigenvalue weighted by Gasteiger charge is -2.31. The normalized spacial score (nSPS) is 18.8. The van der Waals surface area contributed by atoms with Crippen LogP contribution >= 0.6 is 0 Å². The Bertz CT molecular complexity index is 1250. The summed E-state index contributed by atoms with van der Waals surface area (Å²) in [4.78, 5) is 24.8. The van der Waals surface area contributed by atoms with Gasteiger partial charge in [-0.2, -0.15) is 0 Å². The second-order valence-electron chi connectivity index (χ2n) is 10.4. The van der Waals surface area contributed by atoms with Crippen LogP contribution in [0.5, 0.6) is 0 Å². The zero-order chi connectivity index (χ0) is 25.0. The molecule has 3 aliphatic heterocycles. The third-order valence-electron chi connectivity index (χ3n) is 7.55. The van der Waals surface area contributed by atoms with Crippen LogP contribution in [0.4, 0.5) is 17.3 Å². The molecule has 4 aliphatic rings. The number of amides is 1. The van der Waals surface area contributed by atoms with Crippen molar-refractivity contribution in [2.45, 2.75) is 57.5 Å². The van der Waals surface area contributed by atoms with Crippen molar-refractivity contribution < 1.29 is 9.53 Å². The first kappa shape index (κ1) is 23.9. The molecule has 2 aromatic carbocycles. The van der Waals surface area contributed by atoms with Crippen molar-refractivity contribution in [2.75, 3.05) is 36.5 Å². The average Bonchev–Trinajstić information content (AvgIpc) is 3.78. The van der Waals surface area contributed by atoms with E-state index in [4.69, 9.17) is 9.72 Å². The smallest absolute Gasteiger partial charge is 0.251 e. The predicted octanol–water partition coefficient (Wildman–Crippen LogP) is 5.80. The van der Waals surface area contributed by atoms with Crippen molar-refractivity contribution in [1.29, 1.82) is 0 Å². The van der Waals surface area contributed by atoms with Crippen molar-refractivity contribution in [2.24, 2.45) is 0 Å². The van der Waals surface area contributed by atoms with Crippen LogP contribution in [0.25, 0.3) is 11.3 Å². The Morgan fingerprint density at radius 3 is 2.54 bits per heavy atom. The zero-order valence-electron chi connectivity index (χ0n) is 21.3. The van der Waals surface area contributed by atoms with E-state index in [1.54, 1.807) is 0 Å². The van der Waals surface area contributed by atoms with Gasteiger partial charge in [-0.1, -0.05) is 12.1 Å². The number of piperidine rings is 1. The number of anilines is 3. The Morgan fingerprint density at radius 1 is 0.919 bits per heavy atom. The second-order valence-corrected chi connectivity index (χ2v) is 10.4. The minimum Gasteiger partial charge on any atom is -0.377 e. The molecule has 6 bridgehead atoms. The molecule has 7 rings (SSSR count). The van der Waals surface area contributed by atoms with Crippen molar-refractivity contribution in [1.82, 2.24) is 15.3 Å². The highest BCUT2D eigenvalue weighted by Crippen LogP contribution is 2.44. The van der Waals surface area contributed by atoms with Crippen LogP contribution in [0.2, 0.25) is 0 Å². The maximum atomic E-state index is 12.6. The van der Waals surface area contributed by atoms with Gasteiger partial charge in [-0.25, -0.2) is 9.97 Å². The summed E-state index contributed by atoms with van der Waals surface area (Å²) in [7, 11) is 0. The van der Waals surface area contributed by atoms with Gasteiger partial charge in [-0.05, 0) is 81.2 Å². The first-order valence-electron chi connectivity index (χ1n) is 13.7. The summed E-state index contributed by atoms with van der Waals surface area (Å²) in [5.41, 5.74) is 7.21. The number of fused-ring (bicyclic) bond motifs is 9. The zero-order valence-corrected chi connectivity index (χ0v) is 21.3. The summed E-state index contributed by atoms with van der Waals surface area (Å²) in [6, 6.07) is 14.3. The molecule has 3 aromatic rings. The fourth-order valence-corrected chi connectivity index (χ4v) is 5.32. The lowest BCUT2D eigenvalue weighted by Crippen LogP contribution is -2.30. The summed E-state index contributed by atoms with van der Waals surface area (Å²) < 4.78 is 6.11. The van der Waals surface area contributed by atoms with Crippen molar-refractivity contribution in [3.8, 4) is 11.3 Å². The van der Waals surface area contributed by atoms with Crippen molar-refractivity contribution in [3.05, 3.63) is 65.4 Å². The van der Waals surface area contributed by atoms with Gasteiger partial charge < -0.3 is 20.3 Å². The largest absolute Gasteiger partial charge is 0.377 e. The lowest BCUT2D eigenvalue weighted by atomic mass is 10.0. The number of aromatic nitrogens is 2. The van der Waals surface area contributed by atoms with E-state index in [0.717, 1.165) is 42.9 Å². The summed E-state index contributed by atoms with van der Waals surface area (Å²) in [5, 5.41) is 6.49. The molecule has 1 aromatic heterocycles. The predicted molar refractivity (Wildman–Crippen MR) is 146 cm³/mol. The van der Waals surface area contributed by atoms with E-state index in [1.165, 1.54) is 48.9 Å². The molecule has 0 atom stereocenters. The molecule has 7 heteroatoms. The molecule has 1 aliphatic carbocycles. The Balaban J connectivity index is 1.35. The molecular formula is C30H35N5O2. The fourth-order valence-electron chi connectivity index (χ4n) is 5.32. The molecule has 1 saturated carbocycles. The van der Waals surface area contributed by atoms with Gasteiger partial charge in [0, 0.05) is 66.1 Å². The average molecular weight is 498 g/mol. The van der Waals surface area contributed by atoms with E-state index in [-0.39, 0.29) is 5.91 Å². The van der Waals surface area contributed by atoms with Gasteiger partial charge in [0.15, 0.2) is 0 Å². The highest BCUT2D eigenvalue weighted by Gasteiger charge is 2.28. The van der Waals surface area contributed by atoms with Gasteiger partial charge >= 0.3 is 0 Å². The Labute approximate surface area is 218 Å². The highest BCUT2D eigenvalue weighted by atomic mass is 16.5. The molecule has 4 heterocycles. The second kappa shape index (κ2) is 10.9. The van der Waals surface area contributed by atoms with Crippen LogP contribution in [0.15, 0.2) is 48.7 Å². The molecule has 0 unspecified atom stereocenters. The number of rotatable bonds is 2. The van der Waals surface area contributed by atoms with E-state index in [1.807, 2.05) is 30.5 Å². The summed E-state index contributed by atoms with van der Waals surface area (Å²) >= 11 is 0. The standard InChI is InChI=1S/C30H35N5O2/c36-29-23-10-8-22(9-11-23)28-26(21-6-7-21)19-32-30(34-28)33-25-12-13-27(35-15-3-1-4-16-35)24(18-25)20-37-17-5-2-14-31-29/h8-13,18-19,21H,1-7,14-17,20H2,(H,31,36)(H,32,33,34). The van der Waals surface area contributed by atoms with Gasteiger partial charge in [-0.15, -0.1) is 0 Å². The van der Waals surface area contributed by atoms with Gasteiger partial charge in [0.05, 0.1) is 12.3 Å². The maximum Gasteiger partial charge on any atom is 0.251 e. The molecule has 7 nitrogen and oxygen atoms in total. The molecule has 0 radical (unpaired) electrons. The van der Waals surface area contributed by atoms with Crippen LogP contribution in [-0.4, -0.2) is 42.1 Å². The van der Waals surface area contributed by atoms with Gasteiger partial charge in [0.2, 0.25) is 5.95 Å². The number of hydrogen-bond acceptors (Lipinski definition) is 6. The molecule has 192 valence electrons. The molecule has 2 N–H and O–H groups in total. The van der Waals surface area contributed by atoms with E-state index in [0.29, 0.717) is 37.2 Å². The SMILES string of the molecule is O=C1NCCCCOCc2cc(ccc2N2CCCCC2)Nc2ncc(C3CC3)c(n2)-c2ccc1cc2. The third kappa shape index (κ3) is 5.62. The molecule has 1 amide bonds. The summed E-state index contributed by atoms with van der Waals surface area (Å²) in [5.74, 6) is 1.05. The van der Waals surface area contributed by atoms with E-state index >= 15 is 0 Å². The molecule has 0 spiro atoms. The van der Waals surface area contributed by atoms with Crippen molar-refractivity contribution in [3.63, 3.8) is 0 Å². The maximum absolute atomic E-state index is 12.6.